The van der Waals surface area contributed by atoms with E-state index in [1.165, 1.54) is 5.69 Å². The van der Waals surface area contributed by atoms with Crippen LogP contribution in [0, 0.1) is 0 Å². The van der Waals surface area contributed by atoms with Crippen molar-refractivity contribution in [2.75, 3.05) is 12.9 Å². The van der Waals surface area contributed by atoms with Crippen molar-refractivity contribution in [1.82, 2.24) is 19.5 Å². The summed E-state index contributed by atoms with van der Waals surface area (Å²) in [5.74, 6) is 1.81. The van der Waals surface area contributed by atoms with E-state index in [4.69, 9.17) is 4.74 Å². The molecule has 20 heavy (non-hydrogen) atoms. The zero-order valence-electron chi connectivity index (χ0n) is 11.5. The van der Waals surface area contributed by atoms with Crippen LogP contribution in [-0.2, 0) is 13.5 Å². The molecule has 0 unspecified atom stereocenters. The number of ether oxygens (including phenoxy) is 1. The van der Waals surface area contributed by atoms with Crippen LogP contribution < -0.4 is 4.74 Å². The molecule has 0 saturated carbocycles. The summed E-state index contributed by atoms with van der Waals surface area (Å²) >= 11 is 1.72. The Hall–Kier alpha value is -1.95. The largest absolute Gasteiger partial charge is 0.497 e. The Morgan fingerprint density at radius 2 is 2.30 bits per heavy atom. The normalized spacial score (nSPS) is 11.1. The van der Waals surface area contributed by atoms with Gasteiger partial charge in [0.05, 0.1) is 24.5 Å². The first kappa shape index (κ1) is 13.1. The van der Waals surface area contributed by atoms with Crippen molar-refractivity contribution in [1.29, 1.82) is 0 Å². The number of methoxy groups -OCH3 is 1. The lowest BCUT2D eigenvalue weighted by atomic mass is 10.3. The van der Waals surface area contributed by atoms with Crippen LogP contribution in [0.4, 0.5) is 0 Å². The highest BCUT2D eigenvalue weighted by molar-refractivity contribution is 7.99. The van der Waals surface area contributed by atoms with E-state index in [1.807, 2.05) is 42.3 Å². The molecule has 1 N–H and O–H groups in total. The molecular weight excluding hydrogens is 272 g/mol. The molecule has 3 rings (SSSR count). The van der Waals surface area contributed by atoms with E-state index >= 15 is 0 Å². The Bertz CT molecular complexity index is 719. The molecule has 0 aliphatic rings. The monoisotopic (exact) mass is 288 g/mol. The highest BCUT2D eigenvalue weighted by Gasteiger charge is 2.05. The maximum absolute atomic E-state index is 5.21. The number of nitrogens with zero attached hydrogens (tertiary/aromatic N) is 3. The summed E-state index contributed by atoms with van der Waals surface area (Å²) in [6, 6.07) is 5.86. The highest BCUT2D eigenvalue weighted by atomic mass is 32.2. The van der Waals surface area contributed by atoms with E-state index in [-0.39, 0.29) is 0 Å². The quantitative estimate of drug-likeness (QED) is 0.733. The number of fused-ring (bicyclic) bond motifs is 1. The van der Waals surface area contributed by atoms with Crippen molar-refractivity contribution in [2.24, 2.45) is 7.05 Å². The van der Waals surface area contributed by atoms with Gasteiger partial charge in [0, 0.05) is 30.8 Å². The number of aromatic nitrogens is 4. The topological polar surface area (TPSA) is 55.7 Å². The Kier molecular flexibility index (Phi) is 3.64. The van der Waals surface area contributed by atoms with Gasteiger partial charge in [-0.1, -0.05) is 11.8 Å². The zero-order valence-corrected chi connectivity index (χ0v) is 12.3. The molecule has 1 aromatic carbocycles. The zero-order chi connectivity index (χ0) is 13.9. The minimum Gasteiger partial charge on any atom is -0.497 e. The van der Waals surface area contributed by atoms with Gasteiger partial charge in [-0.05, 0) is 18.6 Å². The minimum absolute atomic E-state index is 0.840. The van der Waals surface area contributed by atoms with E-state index in [0.717, 1.165) is 34.1 Å². The van der Waals surface area contributed by atoms with Crippen molar-refractivity contribution in [2.45, 2.75) is 11.6 Å². The number of rotatable bonds is 5. The van der Waals surface area contributed by atoms with Crippen LogP contribution >= 0.6 is 11.8 Å². The molecule has 5 nitrogen and oxygen atoms in total. The molecule has 0 aliphatic heterocycles. The summed E-state index contributed by atoms with van der Waals surface area (Å²) in [4.78, 5) is 12.0. The van der Waals surface area contributed by atoms with E-state index < -0.39 is 0 Å². The summed E-state index contributed by atoms with van der Waals surface area (Å²) in [6.07, 6.45) is 4.71. The summed E-state index contributed by atoms with van der Waals surface area (Å²) in [7, 11) is 3.68. The highest BCUT2D eigenvalue weighted by Crippen LogP contribution is 2.23. The summed E-state index contributed by atoms with van der Waals surface area (Å²) in [6.45, 7) is 0. The van der Waals surface area contributed by atoms with E-state index in [1.54, 1.807) is 18.9 Å². The molecule has 6 heteroatoms. The van der Waals surface area contributed by atoms with E-state index in [0.29, 0.717) is 0 Å². The number of benzene rings is 1. The molecule has 104 valence electrons. The Labute approximate surface area is 121 Å². The second-order valence-electron chi connectivity index (χ2n) is 4.52. The van der Waals surface area contributed by atoms with Crippen LogP contribution in [0.25, 0.3) is 11.0 Å². The Balaban J connectivity index is 1.67. The number of aromatic amines is 1. The van der Waals surface area contributed by atoms with Gasteiger partial charge < -0.3 is 14.3 Å². The third-order valence-corrected chi connectivity index (χ3v) is 4.06. The number of H-pyrrole nitrogens is 1. The first-order valence-corrected chi connectivity index (χ1v) is 7.36. The first-order valence-electron chi connectivity index (χ1n) is 6.38. The maximum Gasteiger partial charge on any atom is 0.166 e. The van der Waals surface area contributed by atoms with Crippen molar-refractivity contribution in [3.63, 3.8) is 0 Å². The number of imidazole rings is 2. The van der Waals surface area contributed by atoms with Crippen molar-refractivity contribution in [3.8, 4) is 5.75 Å². The van der Waals surface area contributed by atoms with Gasteiger partial charge in [0.2, 0.25) is 0 Å². The van der Waals surface area contributed by atoms with Gasteiger partial charge in [0.15, 0.2) is 5.16 Å². The molecule has 3 aromatic rings. The lowest BCUT2D eigenvalue weighted by Gasteiger charge is -2.00. The van der Waals surface area contributed by atoms with Crippen LogP contribution in [0.5, 0.6) is 5.75 Å². The summed E-state index contributed by atoms with van der Waals surface area (Å²) < 4.78 is 7.26. The molecule has 0 aliphatic carbocycles. The SMILES string of the molecule is COc1ccc2nc(SCCc3cncn3C)[nH]c2c1. The second kappa shape index (κ2) is 5.58. The standard InChI is InChI=1S/C14H16N4OS/c1-18-9-15-8-10(18)5-6-20-14-16-12-4-3-11(19-2)7-13(12)17-14/h3-4,7-9H,5-6H2,1-2H3,(H,16,17). The molecule has 0 atom stereocenters. The van der Waals surface area contributed by atoms with Crippen LogP contribution in [0.1, 0.15) is 5.69 Å². The predicted molar refractivity (Wildman–Crippen MR) is 80.3 cm³/mol. The average Bonchev–Trinajstić information content (AvgIpc) is 3.04. The minimum atomic E-state index is 0.840. The molecule has 0 fully saturated rings. The van der Waals surface area contributed by atoms with Gasteiger partial charge in [-0.25, -0.2) is 9.97 Å². The molecule has 0 amide bonds. The molecule has 0 radical (unpaired) electrons. The predicted octanol–water partition coefficient (Wildman–Crippen LogP) is 2.64. The van der Waals surface area contributed by atoms with Gasteiger partial charge in [-0.15, -0.1) is 0 Å². The number of hydrogen-bond acceptors (Lipinski definition) is 4. The van der Waals surface area contributed by atoms with Gasteiger partial charge in [-0.2, -0.15) is 0 Å². The fourth-order valence-electron chi connectivity index (χ4n) is 2.04. The van der Waals surface area contributed by atoms with E-state index in [9.17, 15) is 0 Å². The van der Waals surface area contributed by atoms with E-state index in [2.05, 4.69) is 15.0 Å². The van der Waals surface area contributed by atoms with Gasteiger partial charge in [0.1, 0.15) is 5.75 Å². The summed E-state index contributed by atoms with van der Waals surface area (Å²) in [5.41, 5.74) is 3.21. The number of hydrogen-bond donors (Lipinski definition) is 1. The fourth-order valence-corrected chi connectivity index (χ4v) is 2.89. The lowest BCUT2D eigenvalue weighted by molar-refractivity contribution is 0.415. The van der Waals surface area contributed by atoms with Gasteiger partial charge in [0.25, 0.3) is 0 Å². The Morgan fingerprint density at radius 1 is 1.40 bits per heavy atom. The van der Waals surface area contributed by atoms with Gasteiger partial charge >= 0.3 is 0 Å². The maximum atomic E-state index is 5.21. The first-order chi connectivity index (χ1) is 9.76. The average molecular weight is 288 g/mol. The van der Waals surface area contributed by atoms with Gasteiger partial charge in [-0.3, -0.25) is 0 Å². The molecule has 2 aromatic heterocycles. The number of aryl methyl sites for hydroxylation is 2. The lowest BCUT2D eigenvalue weighted by Crippen LogP contribution is -1.96. The van der Waals surface area contributed by atoms with Crippen molar-refractivity contribution < 1.29 is 4.74 Å². The molecular formula is C14H16N4OS. The van der Waals surface area contributed by atoms with Crippen LogP contribution in [0.2, 0.25) is 0 Å². The Morgan fingerprint density at radius 3 is 3.05 bits per heavy atom. The molecule has 0 bridgehead atoms. The van der Waals surface area contributed by atoms with Crippen molar-refractivity contribution >= 4 is 22.8 Å². The number of thioether (sulfide) groups is 1. The second-order valence-corrected chi connectivity index (χ2v) is 5.60. The fraction of sp³-hybridized carbons (Fsp3) is 0.286. The third-order valence-electron chi connectivity index (χ3n) is 3.18. The summed E-state index contributed by atoms with van der Waals surface area (Å²) in [5, 5.41) is 0.940. The van der Waals surface area contributed by atoms with Crippen LogP contribution in [0.15, 0.2) is 35.9 Å². The molecule has 0 saturated heterocycles. The molecule has 2 heterocycles. The third kappa shape index (κ3) is 2.65. The molecule has 0 spiro atoms. The number of nitrogens with one attached hydrogen (secondary N) is 1. The van der Waals surface area contributed by atoms with Crippen LogP contribution in [-0.4, -0.2) is 32.4 Å². The van der Waals surface area contributed by atoms with Crippen LogP contribution in [0.3, 0.4) is 0 Å². The smallest absolute Gasteiger partial charge is 0.166 e. The van der Waals surface area contributed by atoms with Crippen molar-refractivity contribution in [3.05, 3.63) is 36.4 Å².